The van der Waals surface area contributed by atoms with Gasteiger partial charge in [-0.3, -0.25) is 0 Å². The van der Waals surface area contributed by atoms with Crippen LogP contribution in [0.5, 0.6) is 0 Å². The van der Waals surface area contributed by atoms with Crippen molar-refractivity contribution in [2.24, 2.45) is 35.0 Å². The SMILES string of the molecule is C=C(C)C1CCC(C)C2CCC(=C)C3CCC3(C)CC12. The highest BCUT2D eigenvalue weighted by Gasteiger charge is 2.50. The molecule has 0 spiro atoms. The fourth-order valence-corrected chi connectivity index (χ4v) is 5.78. The first-order chi connectivity index (χ1) is 9.42. The van der Waals surface area contributed by atoms with Crippen LogP contribution in [0, 0.1) is 35.0 Å². The average molecular weight is 272 g/mol. The average Bonchev–Trinajstić information content (AvgIpc) is 2.35. The van der Waals surface area contributed by atoms with Gasteiger partial charge in [0, 0.05) is 0 Å². The molecule has 3 saturated carbocycles. The van der Waals surface area contributed by atoms with E-state index in [1.807, 2.05) is 0 Å². The Labute approximate surface area is 125 Å². The van der Waals surface area contributed by atoms with Gasteiger partial charge in [-0.2, -0.15) is 0 Å². The molecular weight excluding hydrogens is 240 g/mol. The van der Waals surface area contributed by atoms with Gasteiger partial charge in [-0.1, -0.05) is 38.2 Å². The van der Waals surface area contributed by atoms with Gasteiger partial charge in [-0.25, -0.2) is 0 Å². The number of hydrogen-bond acceptors (Lipinski definition) is 0. The summed E-state index contributed by atoms with van der Waals surface area (Å²) in [5, 5.41) is 0. The molecule has 0 aromatic carbocycles. The summed E-state index contributed by atoms with van der Waals surface area (Å²) in [6, 6.07) is 0. The van der Waals surface area contributed by atoms with Crippen molar-refractivity contribution in [2.75, 3.05) is 0 Å². The van der Waals surface area contributed by atoms with Crippen LogP contribution in [0.25, 0.3) is 0 Å². The second-order valence-electron chi connectivity index (χ2n) is 8.48. The third kappa shape index (κ3) is 2.20. The van der Waals surface area contributed by atoms with Crippen molar-refractivity contribution in [3.05, 3.63) is 24.3 Å². The van der Waals surface area contributed by atoms with E-state index in [-0.39, 0.29) is 0 Å². The lowest BCUT2D eigenvalue weighted by atomic mass is 9.49. The first-order valence-corrected chi connectivity index (χ1v) is 8.75. The highest BCUT2D eigenvalue weighted by atomic mass is 14.5. The first kappa shape index (κ1) is 14.4. The smallest absolute Gasteiger partial charge is 0.0152 e. The molecule has 0 nitrogen and oxygen atoms in total. The molecule has 6 unspecified atom stereocenters. The molecule has 0 N–H and O–H groups in total. The highest BCUT2D eigenvalue weighted by molar-refractivity contribution is 5.16. The van der Waals surface area contributed by atoms with Crippen LogP contribution in [0.15, 0.2) is 24.3 Å². The molecule has 3 aliphatic rings. The minimum absolute atomic E-state index is 0.561. The van der Waals surface area contributed by atoms with Crippen molar-refractivity contribution in [3.8, 4) is 0 Å². The van der Waals surface area contributed by atoms with E-state index in [1.165, 1.54) is 50.5 Å². The van der Waals surface area contributed by atoms with Crippen molar-refractivity contribution in [1.29, 1.82) is 0 Å². The topological polar surface area (TPSA) is 0 Å². The normalized spacial score (nSPS) is 48.4. The molecule has 0 amide bonds. The van der Waals surface area contributed by atoms with Gasteiger partial charge in [-0.05, 0) is 86.9 Å². The van der Waals surface area contributed by atoms with E-state index < -0.39 is 0 Å². The quantitative estimate of drug-likeness (QED) is 0.514. The summed E-state index contributed by atoms with van der Waals surface area (Å²) in [5.74, 6) is 4.34. The molecular formula is C20H32. The van der Waals surface area contributed by atoms with E-state index in [0.717, 1.165) is 29.6 Å². The zero-order valence-corrected chi connectivity index (χ0v) is 13.8. The van der Waals surface area contributed by atoms with Gasteiger partial charge < -0.3 is 0 Å². The van der Waals surface area contributed by atoms with Crippen LogP contribution in [0.2, 0.25) is 0 Å². The van der Waals surface area contributed by atoms with Gasteiger partial charge in [0.15, 0.2) is 0 Å². The zero-order valence-electron chi connectivity index (χ0n) is 13.8. The maximum atomic E-state index is 4.44. The van der Waals surface area contributed by atoms with Crippen LogP contribution in [-0.2, 0) is 0 Å². The van der Waals surface area contributed by atoms with E-state index in [0.29, 0.717) is 5.41 Å². The van der Waals surface area contributed by atoms with Gasteiger partial charge in [0.25, 0.3) is 0 Å². The van der Waals surface area contributed by atoms with E-state index >= 15 is 0 Å². The van der Waals surface area contributed by atoms with Crippen LogP contribution in [-0.4, -0.2) is 0 Å². The number of hydrogen-bond donors (Lipinski definition) is 0. The number of fused-ring (bicyclic) bond motifs is 2. The molecule has 0 heteroatoms. The van der Waals surface area contributed by atoms with E-state index in [1.54, 1.807) is 5.57 Å². The molecule has 0 heterocycles. The molecule has 3 rings (SSSR count). The Morgan fingerprint density at radius 3 is 2.50 bits per heavy atom. The fraction of sp³-hybridized carbons (Fsp3) is 0.800. The van der Waals surface area contributed by atoms with Crippen LogP contribution in [0.3, 0.4) is 0 Å². The maximum absolute atomic E-state index is 4.44. The summed E-state index contributed by atoms with van der Waals surface area (Å²) in [6.07, 6.45) is 9.74. The second kappa shape index (κ2) is 5.04. The lowest BCUT2D eigenvalue weighted by Crippen LogP contribution is -2.46. The monoisotopic (exact) mass is 272 g/mol. The largest absolute Gasteiger partial charge is 0.0999 e. The molecule has 0 aromatic heterocycles. The number of allylic oxidation sites excluding steroid dienone is 2. The molecule has 112 valence electrons. The van der Waals surface area contributed by atoms with Crippen LogP contribution in [0.4, 0.5) is 0 Å². The molecule has 6 atom stereocenters. The molecule has 3 fully saturated rings. The van der Waals surface area contributed by atoms with Gasteiger partial charge in [0.2, 0.25) is 0 Å². The van der Waals surface area contributed by atoms with Crippen molar-refractivity contribution in [1.82, 2.24) is 0 Å². The molecule has 0 radical (unpaired) electrons. The Morgan fingerprint density at radius 1 is 1.15 bits per heavy atom. The van der Waals surface area contributed by atoms with Crippen molar-refractivity contribution >= 4 is 0 Å². The molecule has 0 aromatic rings. The zero-order chi connectivity index (χ0) is 14.5. The Balaban J connectivity index is 1.89. The Hall–Kier alpha value is -0.520. The summed E-state index contributed by atoms with van der Waals surface area (Å²) in [7, 11) is 0. The maximum Gasteiger partial charge on any atom is -0.0152 e. The summed E-state index contributed by atoms with van der Waals surface area (Å²) >= 11 is 0. The third-order valence-electron chi connectivity index (χ3n) is 7.20. The van der Waals surface area contributed by atoms with Crippen LogP contribution in [0.1, 0.15) is 65.7 Å². The van der Waals surface area contributed by atoms with Crippen LogP contribution >= 0.6 is 0 Å². The molecule has 0 saturated heterocycles. The van der Waals surface area contributed by atoms with E-state index in [4.69, 9.17) is 0 Å². The van der Waals surface area contributed by atoms with Crippen molar-refractivity contribution in [3.63, 3.8) is 0 Å². The third-order valence-corrected chi connectivity index (χ3v) is 7.20. The molecule has 0 aliphatic heterocycles. The van der Waals surface area contributed by atoms with Crippen LogP contribution < -0.4 is 0 Å². The van der Waals surface area contributed by atoms with E-state index in [9.17, 15) is 0 Å². The summed E-state index contributed by atoms with van der Waals surface area (Å²) in [6.45, 7) is 16.1. The van der Waals surface area contributed by atoms with Gasteiger partial charge >= 0.3 is 0 Å². The Bertz CT molecular complexity index is 418. The standard InChI is InChI=1S/C20H32/c1-13(2)16-8-6-14(3)17-9-7-15(4)19-10-11-20(19,5)12-18(16)17/h14,16-19H,1,4,6-12H2,2-3,5H3. The van der Waals surface area contributed by atoms with Gasteiger partial charge in [0.05, 0.1) is 0 Å². The summed E-state index contributed by atoms with van der Waals surface area (Å²) < 4.78 is 0. The Morgan fingerprint density at radius 2 is 1.90 bits per heavy atom. The lowest BCUT2D eigenvalue weighted by Gasteiger charge is -2.56. The van der Waals surface area contributed by atoms with Gasteiger partial charge in [-0.15, -0.1) is 0 Å². The minimum Gasteiger partial charge on any atom is -0.0999 e. The van der Waals surface area contributed by atoms with Gasteiger partial charge in [0.1, 0.15) is 0 Å². The summed E-state index contributed by atoms with van der Waals surface area (Å²) in [5.41, 5.74) is 3.58. The Kier molecular flexibility index (Phi) is 3.63. The first-order valence-electron chi connectivity index (χ1n) is 8.75. The van der Waals surface area contributed by atoms with Crippen molar-refractivity contribution < 1.29 is 0 Å². The molecule has 3 aliphatic carbocycles. The summed E-state index contributed by atoms with van der Waals surface area (Å²) in [4.78, 5) is 0. The predicted molar refractivity (Wildman–Crippen MR) is 87.5 cm³/mol. The second-order valence-corrected chi connectivity index (χ2v) is 8.48. The lowest BCUT2D eigenvalue weighted by molar-refractivity contribution is -0.0174. The minimum atomic E-state index is 0.561. The molecule has 20 heavy (non-hydrogen) atoms. The number of rotatable bonds is 1. The molecule has 0 bridgehead atoms. The fourth-order valence-electron chi connectivity index (χ4n) is 5.78. The highest BCUT2D eigenvalue weighted by Crippen LogP contribution is 2.60. The predicted octanol–water partition coefficient (Wildman–Crippen LogP) is 6.00. The van der Waals surface area contributed by atoms with E-state index in [2.05, 4.69) is 33.9 Å². The van der Waals surface area contributed by atoms with Crippen molar-refractivity contribution in [2.45, 2.75) is 65.7 Å².